The van der Waals surface area contributed by atoms with E-state index in [2.05, 4.69) is 0 Å². The van der Waals surface area contributed by atoms with Gasteiger partial charge in [-0.2, -0.15) is 0 Å². The Kier molecular flexibility index (Phi) is 9.97. The minimum Gasteiger partial charge on any atom is -0.497 e. The zero-order chi connectivity index (χ0) is 23.5. The van der Waals surface area contributed by atoms with E-state index < -0.39 is 30.6 Å². The van der Waals surface area contributed by atoms with Crippen molar-refractivity contribution in [3.63, 3.8) is 0 Å². The van der Waals surface area contributed by atoms with Gasteiger partial charge in [0.25, 0.3) is 0 Å². The van der Waals surface area contributed by atoms with E-state index in [9.17, 15) is 14.7 Å². The molecule has 0 aliphatic rings. The predicted molar refractivity (Wildman–Crippen MR) is 119 cm³/mol. The predicted octanol–water partition coefficient (Wildman–Crippen LogP) is 2.17. The van der Waals surface area contributed by atoms with Crippen LogP contribution in [-0.4, -0.2) is 73.6 Å². The molecule has 2 aromatic rings. The van der Waals surface area contributed by atoms with E-state index >= 15 is 0 Å². The third kappa shape index (κ3) is 8.56. The number of esters is 1. The number of ether oxygens (including phenoxy) is 3. The molecule has 2 rings (SSSR count). The minimum absolute atomic E-state index is 0.100. The van der Waals surface area contributed by atoms with Gasteiger partial charge in [-0.1, -0.05) is 30.3 Å². The summed E-state index contributed by atoms with van der Waals surface area (Å²) in [7, 11) is 5.30. The molecule has 0 saturated carbocycles. The van der Waals surface area contributed by atoms with Crippen molar-refractivity contribution in [2.45, 2.75) is 31.5 Å². The normalized spacial score (nSPS) is 12.8. The summed E-state index contributed by atoms with van der Waals surface area (Å²) in [6.07, 6.45) is -1.46. The number of hydrogen-bond acceptors (Lipinski definition) is 7. The topological polar surface area (TPSA) is 106 Å². The van der Waals surface area contributed by atoms with Gasteiger partial charge in [-0.15, -0.1) is 0 Å². The van der Waals surface area contributed by atoms with Crippen LogP contribution in [0.4, 0.5) is 0 Å². The number of carbonyl (C=O) groups is 2. The molecule has 174 valence electrons. The molecule has 32 heavy (non-hydrogen) atoms. The van der Waals surface area contributed by atoms with E-state index in [1.54, 1.807) is 7.11 Å². The maximum Gasteiger partial charge on any atom is 0.333 e. The van der Waals surface area contributed by atoms with Gasteiger partial charge in [0.1, 0.15) is 24.2 Å². The first kappa shape index (κ1) is 25.2. The quantitative estimate of drug-likeness (QED) is 0.452. The molecule has 0 amide bonds. The molecule has 0 bridgehead atoms. The zero-order valence-corrected chi connectivity index (χ0v) is 18.7. The zero-order valence-electron chi connectivity index (χ0n) is 18.7. The smallest absolute Gasteiger partial charge is 0.333 e. The highest BCUT2D eigenvalue weighted by molar-refractivity contribution is 5.80. The highest BCUT2D eigenvalue weighted by Crippen LogP contribution is 2.22. The summed E-state index contributed by atoms with van der Waals surface area (Å²) < 4.78 is 16.6. The summed E-state index contributed by atoms with van der Waals surface area (Å²) in [5.74, 6) is -0.747. The van der Waals surface area contributed by atoms with E-state index in [1.807, 2.05) is 67.5 Å². The average molecular weight is 446 g/mol. The van der Waals surface area contributed by atoms with Crippen LogP contribution in [0.2, 0.25) is 0 Å². The van der Waals surface area contributed by atoms with Gasteiger partial charge < -0.3 is 29.3 Å². The van der Waals surface area contributed by atoms with Crippen LogP contribution in [0, 0.1) is 0 Å². The lowest BCUT2D eigenvalue weighted by Gasteiger charge is -2.23. The second kappa shape index (κ2) is 12.7. The van der Waals surface area contributed by atoms with Gasteiger partial charge in [-0.3, -0.25) is 4.79 Å². The van der Waals surface area contributed by atoms with Gasteiger partial charge in [-0.05, 0) is 56.3 Å². The Morgan fingerprint density at radius 1 is 1.06 bits per heavy atom. The number of carboxylic acid groups (broad SMARTS) is 1. The van der Waals surface area contributed by atoms with Gasteiger partial charge >= 0.3 is 11.9 Å². The Bertz CT molecular complexity index is 884. The first-order chi connectivity index (χ1) is 15.3. The fraction of sp³-hybridized carbons (Fsp3) is 0.417. The van der Waals surface area contributed by atoms with E-state index in [-0.39, 0.29) is 6.61 Å². The van der Waals surface area contributed by atoms with Crippen molar-refractivity contribution in [3.8, 4) is 11.5 Å². The molecule has 2 aromatic carbocycles. The number of nitrogens with zero attached hydrogens (tertiary/aromatic N) is 1. The Labute approximate surface area is 188 Å². The monoisotopic (exact) mass is 445 g/mol. The molecule has 0 spiro atoms. The van der Waals surface area contributed by atoms with E-state index in [0.717, 1.165) is 29.7 Å². The number of methoxy groups -OCH3 is 1. The number of carbonyl (C=O) groups excluding carboxylic acids is 1. The molecule has 0 fully saturated rings. The molecule has 2 atom stereocenters. The number of benzene rings is 2. The number of aliphatic carboxylic acids is 1. The first-order valence-corrected chi connectivity index (χ1v) is 10.4. The number of likely N-dealkylation sites (N-methyl/N-ethyl adjacent to an activating group) is 1. The van der Waals surface area contributed by atoms with Crippen LogP contribution >= 0.6 is 0 Å². The van der Waals surface area contributed by atoms with Crippen LogP contribution in [0.15, 0.2) is 48.5 Å². The molecule has 2 unspecified atom stereocenters. The van der Waals surface area contributed by atoms with Crippen LogP contribution in [0.1, 0.15) is 17.5 Å². The first-order valence-electron chi connectivity index (χ1n) is 10.4. The van der Waals surface area contributed by atoms with Crippen LogP contribution in [0.5, 0.6) is 11.5 Å². The van der Waals surface area contributed by atoms with Gasteiger partial charge in [0.05, 0.1) is 13.5 Å². The molecule has 8 nitrogen and oxygen atoms in total. The number of hydrogen-bond donors (Lipinski definition) is 2. The van der Waals surface area contributed by atoms with Crippen molar-refractivity contribution in [3.05, 3.63) is 59.7 Å². The van der Waals surface area contributed by atoms with E-state index in [1.165, 1.54) is 0 Å². The standard InChI is InChI=1S/C24H31NO7/c1-25(2)15-20(32-23(27)14-21(26)24(28)29)16-31-22-10-5-4-8-18(22)12-11-17-7-6-9-19(13-17)30-3/h4-10,13,20-21,26H,11-12,14-16H2,1-3H3,(H,28,29). The molecule has 0 radical (unpaired) electrons. The molecule has 8 heteroatoms. The van der Waals surface area contributed by atoms with E-state index in [0.29, 0.717) is 12.3 Å². The van der Waals surface area contributed by atoms with Crippen molar-refractivity contribution < 1.29 is 34.0 Å². The van der Waals surface area contributed by atoms with Crippen molar-refractivity contribution in [2.24, 2.45) is 0 Å². The van der Waals surface area contributed by atoms with E-state index in [4.69, 9.17) is 19.3 Å². The SMILES string of the molecule is COc1cccc(CCc2ccccc2OCC(CN(C)C)OC(=O)CC(O)C(=O)O)c1. The van der Waals surface area contributed by atoms with Gasteiger partial charge in [0.15, 0.2) is 6.10 Å². The summed E-state index contributed by atoms with van der Waals surface area (Å²) in [5, 5.41) is 18.1. The second-order valence-electron chi connectivity index (χ2n) is 7.70. The molecule has 0 aromatic heterocycles. The van der Waals surface area contributed by atoms with Crippen molar-refractivity contribution >= 4 is 11.9 Å². The van der Waals surface area contributed by atoms with Gasteiger partial charge in [0, 0.05) is 6.54 Å². The summed E-state index contributed by atoms with van der Waals surface area (Å²) in [5.41, 5.74) is 2.17. The lowest BCUT2D eigenvalue weighted by atomic mass is 10.0. The maximum atomic E-state index is 12.0. The lowest BCUT2D eigenvalue weighted by Crippen LogP contribution is -2.36. The molecule has 0 heterocycles. The molecule has 0 aliphatic carbocycles. The number of aryl methyl sites for hydroxylation is 2. The van der Waals surface area contributed by atoms with Crippen LogP contribution < -0.4 is 9.47 Å². The summed E-state index contributed by atoms with van der Waals surface area (Å²) in [6, 6.07) is 15.6. The molecular formula is C24H31NO7. The third-order valence-electron chi connectivity index (χ3n) is 4.73. The maximum absolute atomic E-state index is 12.0. The fourth-order valence-corrected chi connectivity index (χ4v) is 3.15. The molecular weight excluding hydrogens is 414 g/mol. The number of aliphatic hydroxyl groups is 1. The van der Waals surface area contributed by atoms with Crippen LogP contribution in [0.25, 0.3) is 0 Å². The van der Waals surface area contributed by atoms with Crippen molar-refractivity contribution in [1.82, 2.24) is 4.90 Å². The van der Waals surface area contributed by atoms with Crippen molar-refractivity contribution in [2.75, 3.05) is 34.4 Å². The number of carboxylic acids is 1. The Morgan fingerprint density at radius 3 is 2.50 bits per heavy atom. The molecule has 2 N–H and O–H groups in total. The largest absolute Gasteiger partial charge is 0.497 e. The van der Waals surface area contributed by atoms with Crippen LogP contribution in [-0.2, 0) is 27.2 Å². The summed E-state index contributed by atoms with van der Waals surface area (Å²) in [6.45, 7) is 0.490. The highest BCUT2D eigenvalue weighted by atomic mass is 16.6. The van der Waals surface area contributed by atoms with Gasteiger partial charge in [-0.25, -0.2) is 4.79 Å². The molecule has 0 aliphatic heterocycles. The lowest BCUT2D eigenvalue weighted by molar-refractivity contribution is -0.160. The van der Waals surface area contributed by atoms with Crippen LogP contribution in [0.3, 0.4) is 0 Å². The second-order valence-corrected chi connectivity index (χ2v) is 7.70. The summed E-state index contributed by atoms with van der Waals surface area (Å²) in [4.78, 5) is 24.6. The number of para-hydroxylation sites is 1. The molecule has 0 saturated heterocycles. The Morgan fingerprint density at radius 2 is 1.81 bits per heavy atom. The third-order valence-corrected chi connectivity index (χ3v) is 4.73. The highest BCUT2D eigenvalue weighted by Gasteiger charge is 2.23. The average Bonchev–Trinajstić information content (AvgIpc) is 2.76. The Hall–Kier alpha value is -3.10. The fourth-order valence-electron chi connectivity index (χ4n) is 3.15. The number of rotatable bonds is 13. The van der Waals surface area contributed by atoms with Gasteiger partial charge in [0.2, 0.25) is 0 Å². The summed E-state index contributed by atoms with van der Waals surface area (Å²) >= 11 is 0. The minimum atomic E-state index is -1.79. The van der Waals surface area contributed by atoms with Crippen molar-refractivity contribution in [1.29, 1.82) is 0 Å². The number of aliphatic hydroxyl groups excluding tert-OH is 1. The Balaban J connectivity index is 1.99.